The van der Waals surface area contributed by atoms with Crippen LogP contribution in [0.2, 0.25) is 0 Å². The van der Waals surface area contributed by atoms with E-state index in [0.29, 0.717) is 11.6 Å². The first-order chi connectivity index (χ1) is 8.75. The van der Waals surface area contributed by atoms with Crippen LogP contribution in [0.25, 0.3) is 21.9 Å². The summed E-state index contributed by atoms with van der Waals surface area (Å²) in [5, 5.41) is 2.18. The quantitative estimate of drug-likeness (QED) is 0.723. The monoisotopic (exact) mass is 308 g/mol. The number of fused-ring (bicyclic) bond motifs is 1. The molecule has 4 nitrogen and oxygen atoms in total. The summed E-state index contributed by atoms with van der Waals surface area (Å²) in [6.45, 7) is 0. The third-order valence-electron chi connectivity index (χ3n) is 2.92. The third-order valence-corrected chi connectivity index (χ3v) is 2.92. The molecule has 0 aliphatic heterocycles. The van der Waals surface area contributed by atoms with Gasteiger partial charge in [-0.2, -0.15) is 0 Å². The number of nitrogens with zero attached hydrogens (tertiary/aromatic N) is 2. The molecule has 4 N–H and O–H groups in total. The molecule has 0 saturated carbocycles. The summed E-state index contributed by atoms with van der Waals surface area (Å²) in [7, 11) is 0. The molecule has 1 aromatic carbocycles. The van der Waals surface area contributed by atoms with Gasteiger partial charge in [-0.1, -0.05) is 18.2 Å². The SMILES string of the molecule is Cl.Cl.Nc1ccc(-c2cccc3ccncc23)c(N)n1. The van der Waals surface area contributed by atoms with Crippen molar-refractivity contribution in [2.45, 2.75) is 0 Å². The molecular formula is C14H14Cl2N4. The highest BCUT2D eigenvalue weighted by molar-refractivity contribution is 5.98. The van der Waals surface area contributed by atoms with Crippen LogP contribution in [0.15, 0.2) is 48.8 Å². The zero-order chi connectivity index (χ0) is 12.5. The summed E-state index contributed by atoms with van der Waals surface area (Å²) in [4.78, 5) is 8.25. The van der Waals surface area contributed by atoms with Gasteiger partial charge in [0.1, 0.15) is 11.6 Å². The Labute approximate surface area is 129 Å². The maximum Gasteiger partial charge on any atom is 0.133 e. The molecule has 0 atom stereocenters. The number of hydrogen-bond acceptors (Lipinski definition) is 4. The lowest BCUT2D eigenvalue weighted by Crippen LogP contribution is -1.98. The second-order valence-electron chi connectivity index (χ2n) is 4.07. The molecule has 2 heterocycles. The predicted octanol–water partition coefficient (Wildman–Crippen LogP) is 3.30. The Bertz CT molecular complexity index is 726. The van der Waals surface area contributed by atoms with Crippen molar-refractivity contribution in [3.8, 4) is 11.1 Å². The van der Waals surface area contributed by atoms with Gasteiger partial charge in [0.2, 0.25) is 0 Å². The van der Waals surface area contributed by atoms with Crippen molar-refractivity contribution in [3.05, 3.63) is 48.8 Å². The van der Waals surface area contributed by atoms with E-state index in [1.54, 1.807) is 12.3 Å². The number of pyridine rings is 2. The van der Waals surface area contributed by atoms with Gasteiger partial charge < -0.3 is 11.5 Å². The van der Waals surface area contributed by atoms with Gasteiger partial charge in [0, 0.05) is 23.3 Å². The van der Waals surface area contributed by atoms with Gasteiger partial charge in [0.05, 0.1) is 0 Å². The summed E-state index contributed by atoms with van der Waals surface area (Å²) in [5.74, 6) is 0.862. The zero-order valence-corrected chi connectivity index (χ0v) is 12.1. The first kappa shape index (κ1) is 16.0. The molecule has 0 aliphatic carbocycles. The highest BCUT2D eigenvalue weighted by atomic mass is 35.5. The fourth-order valence-corrected chi connectivity index (χ4v) is 2.07. The summed E-state index contributed by atoms with van der Waals surface area (Å²) in [5.41, 5.74) is 13.4. The van der Waals surface area contributed by atoms with Crippen molar-refractivity contribution < 1.29 is 0 Å². The van der Waals surface area contributed by atoms with Gasteiger partial charge in [-0.25, -0.2) is 4.98 Å². The molecule has 0 radical (unpaired) electrons. The molecule has 0 aliphatic rings. The van der Waals surface area contributed by atoms with Crippen LogP contribution in [0.5, 0.6) is 0 Å². The molecule has 3 rings (SSSR count). The van der Waals surface area contributed by atoms with Crippen molar-refractivity contribution in [3.63, 3.8) is 0 Å². The Hall–Kier alpha value is -2.04. The number of benzene rings is 1. The van der Waals surface area contributed by atoms with E-state index < -0.39 is 0 Å². The van der Waals surface area contributed by atoms with Gasteiger partial charge in [-0.3, -0.25) is 4.98 Å². The van der Waals surface area contributed by atoms with Crippen molar-refractivity contribution in [2.24, 2.45) is 0 Å². The van der Waals surface area contributed by atoms with Crippen LogP contribution in [-0.4, -0.2) is 9.97 Å². The number of aromatic nitrogens is 2. The van der Waals surface area contributed by atoms with E-state index in [-0.39, 0.29) is 24.8 Å². The van der Waals surface area contributed by atoms with Gasteiger partial charge in [0.25, 0.3) is 0 Å². The largest absolute Gasteiger partial charge is 0.384 e. The second kappa shape index (κ2) is 6.41. The van der Waals surface area contributed by atoms with E-state index in [1.165, 1.54) is 0 Å². The van der Waals surface area contributed by atoms with Crippen molar-refractivity contribution in [2.75, 3.05) is 11.5 Å². The predicted molar refractivity (Wildman–Crippen MR) is 88.3 cm³/mol. The Morgan fingerprint density at radius 1 is 0.850 bits per heavy atom. The molecular weight excluding hydrogens is 295 g/mol. The van der Waals surface area contributed by atoms with E-state index in [9.17, 15) is 0 Å². The van der Waals surface area contributed by atoms with Crippen LogP contribution in [0.3, 0.4) is 0 Å². The van der Waals surface area contributed by atoms with Crippen LogP contribution in [0, 0.1) is 0 Å². The molecule has 0 bridgehead atoms. The van der Waals surface area contributed by atoms with E-state index in [0.717, 1.165) is 21.9 Å². The topological polar surface area (TPSA) is 77.8 Å². The molecule has 104 valence electrons. The van der Waals surface area contributed by atoms with Crippen LogP contribution in [0.4, 0.5) is 11.6 Å². The van der Waals surface area contributed by atoms with E-state index in [1.807, 2.05) is 36.5 Å². The standard InChI is InChI=1S/C14H12N4.2ClH/c15-13-5-4-11(14(16)18-13)10-3-1-2-9-6-7-17-8-12(9)10;;/h1-8H,(H4,15,16,18);2*1H. The zero-order valence-electron chi connectivity index (χ0n) is 10.5. The van der Waals surface area contributed by atoms with Gasteiger partial charge in [-0.15, -0.1) is 24.8 Å². The molecule has 0 unspecified atom stereocenters. The van der Waals surface area contributed by atoms with E-state index >= 15 is 0 Å². The lowest BCUT2D eigenvalue weighted by Gasteiger charge is -2.08. The lowest BCUT2D eigenvalue weighted by molar-refractivity contribution is 1.34. The molecule has 0 spiro atoms. The normalized spacial score (nSPS) is 9.60. The molecule has 3 aromatic rings. The number of anilines is 2. The van der Waals surface area contributed by atoms with Crippen molar-refractivity contribution >= 4 is 47.2 Å². The second-order valence-corrected chi connectivity index (χ2v) is 4.07. The Morgan fingerprint density at radius 2 is 1.65 bits per heavy atom. The Kier molecular flexibility index (Phi) is 5.13. The number of nitrogen functional groups attached to an aromatic ring is 2. The van der Waals surface area contributed by atoms with Crippen LogP contribution in [-0.2, 0) is 0 Å². The number of halogens is 2. The van der Waals surface area contributed by atoms with E-state index in [4.69, 9.17) is 11.5 Å². The molecule has 0 amide bonds. The smallest absolute Gasteiger partial charge is 0.133 e. The van der Waals surface area contributed by atoms with Crippen LogP contribution < -0.4 is 11.5 Å². The minimum absolute atomic E-state index is 0. The molecule has 0 saturated heterocycles. The van der Waals surface area contributed by atoms with E-state index in [2.05, 4.69) is 9.97 Å². The van der Waals surface area contributed by atoms with Crippen molar-refractivity contribution in [1.82, 2.24) is 9.97 Å². The summed E-state index contributed by atoms with van der Waals surface area (Å²) < 4.78 is 0. The van der Waals surface area contributed by atoms with Crippen LogP contribution in [0.1, 0.15) is 0 Å². The van der Waals surface area contributed by atoms with Gasteiger partial charge in [0.15, 0.2) is 0 Å². The number of rotatable bonds is 1. The molecule has 6 heteroatoms. The Balaban J connectivity index is 0.000001000. The van der Waals surface area contributed by atoms with Gasteiger partial charge in [-0.05, 0) is 29.1 Å². The maximum atomic E-state index is 5.93. The average Bonchev–Trinajstić information content (AvgIpc) is 2.38. The number of hydrogen-bond donors (Lipinski definition) is 2. The Morgan fingerprint density at radius 3 is 2.40 bits per heavy atom. The lowest BCUT2D eigenvalue weighted by atomic mass is 10.0. The first-order valence-corrected chi connectivity index (χ1v) is 5.61. The summed E-state index contributed by atoms with van der Waals surface area (Å²) >= 11 is 0. The van der Waals surface area contributed by atoms with Gasteiger partial charge >= 0.3 is 0 Å². The highest BCUT2D eigenvalue weighted by Gasteiger charge is 2.08. The molecule has 20 heavy (non-hydrogen) atoms. The molecule has 2 aromatic heterocycles. The van der Waals surface area contributed by atoms with Crippen molar-refractivity contribution in [1.29, 1.82) is 0 Å². The summed E-state index contributed by atoms with van der Waals surface area (Å²) in [6, 6.07) is 11.7. The fourth-order valence-electron chi connectivity index (χ4n) is 2.07. The third kappa shape index (κ3) is 2.76. The molecule has 0 fully saturated rings. The minimum Gasteiger partial charge on any atom is -0.384 e. The minimum atomic E-state index is 0. The fraction of sp³-hybridized carbons (Fsp3) is 0. The number of nitrogens with two attached hydrogens (primary N) is 2. The van der Waals surface area contributed by atoms with Crippen LogP contribution >= 0.6 is 24.8 Å². The maximum absolute atomic E-state index is 5.93. The highest BCUT2D eigenvalue weighted by Crippen LogP contribution is 2.31. The average molecular weight is 309 g/mol. The first-order valence-electron chi connectivity index (χ1n) is 5.61. The summed E-state index contributed by atoms with van der Waals surface area (Å²) in [6.07, 6.45) is 3.61.